The van der Waals surface area contributed by atoms with E-state index in [-0.39, 0.29) is 5.91 Å². The lowest BCUT2D eigenvalue weighted by Gasteiger charge is -2.28. The van der Waals surface area contributed by atoms with Crippen molar-refractivity contribution in [2.24, 2.45) is 0 Å². The number of aryl methyl sites for hydroxylation is 1. The van der Waals surface area contributed by atoms with E-state index in [1.165, 1.54) is 5.56 Å². The maximum Gasteiger partial charge on any atom is 0.224 e. The first-order chi connectivity index (χ1) is 15.1. The molecule has 0 aliphatic carbocycles. The van der Waals surface area contributed by atoms with Crippen LogP contribution in [0.3, 0.4) is 0 Å². The summed E-state index contributed by atoms with van der Waals surface area (Å²) >= 11 is 1.98. The number of anilines is 4. The molecule has 1 aliphatic heterocycles. The maximum atomic E-state index is 11.6. The highest BCUT2D eigenvalue weighted by Gasteiger charge is 2.16. The number of benzene rings is 1. The van der Waals surface area contributed by atoms with E-state index in [0.29, 0.717) is 12.8 Å². The van der Waals surface area contributed by atoms with Crippen LogP contribution in [0.15, 0.2) is 42.6 Å². The quantitative estimate of drug-likeness (QED) is 0.511. The molecule has 1 amide bonds. The van der Waals surface area contributed by atoms with Crippen LogP contribution >= 0.6 is 11.8 Å². The molecule has 0 radical (unpaired) electrons. The Morgan fingerprint density at radius 3 is 2.61 bits per heavy atom. The zero-order valence-corrected chi connectivity index (χ0v) is 18.8. The number of nitrogens with zero attached hydrogens (tertiary/aromatic N) is 3. The molecule has 1 aliphatic rings. The predicted molar refractivity (Wildman–Crippen MR) is 129 cm³/mol. The van der Waals surface area contributed by atoms with Gasteiger partial charge in [0.1, 0.15) is 23.3 Å². The van der Waals surface area contributed by atoms with Crippen LogP contribution in [0.25, 0.3) is 0 Å². The van der Waals surface area contributed by atoms with E-state index in [9.17, 15) is 4.79 Å². The smallest absolute Gasteiger partial charge is 0.224 e. The van der Waals surface area contributed by atoms with Gasteiger partial charge in [-0.15, -0.1) is 0 Å². The van der Waals surface area contributed by atoms with Crippen molar-refractivity contribution >= 4 is 40.8 Å². The molecule has 1 aromatic carbocycles. The summed E-state index contributed by atoms with van der Waals surface area (Å²) < 4.78 is 0. The second-order valence-corrected chi connectivity index (χ2v) is 8.84. The van der Waals surface area contributed by atoms with Crippen molar-refractivity contribution in [1.82, 2.24) is 15.0 Å². The Morgan fingerprint density at radius 2 is 1.94 bits per heavy atom. The molecule has 3 N–H and O–H groups in total. The van der Waals surface area contributed by atoms with Crippen LogP contribution in [0.1, 0.15) is 30.3 Å². The molecule has 0 saturated carbocycles. The van der Waals surface area contributed by atoms with Gasteiger partial charge in [0.25, 0.3) is 0 Å². The van der Waals surface area contributed by atoms with Crippen molar-refractivity contribution in [1.29, 1.82) is 0 Å². The molecular formula is C23H28N6OS. The Morgan fingerprint density at radius 1 is 1.16 bits per heavy atom. The number of nitrogens with one attached hydrogen (secondary N) is 3. The van der Waals surface area contributed by atoms with E-state index in [4.69, 9.17) is 9.97 Å². The summed E-state index contributed by atoms with van der Waals surface area (Å²) in [6, 6.07) is 12.0. The Balaban J connectivity index is 1.56. The summed E-state index contributed by atoms with van der Waals surface area (Å²) in [7, 11) is 0. The SMILES string of the molecule is CCC(=O)Nc1ccc(Cc2nc(Nc3cc(C)c[nH]3)cc(N3CCSCC3)n2)cc1. The second kappa shape index (κ2) is 9.87. The van der Waals surface area contributed by atoms with Crippen LogP contribution in [0, 0.1) is 6.92 Å². The van der Waals surface area contributed by atoms with Gasteiger partial charge in [-0.25, -0.2) is 9.97 Å². The molecule has 0 bridgehead atoms. The van der Waals surface area contributed by atoms with E-state index < -0.39 is 0 Å². The van der Waals surface area contributed by atoms with Gasteiger partial charge in [-0.2, -0.15) is 11.8 Å². The van der Waals surface area contributed by atoms with Gasteiger partial charge in [0.2, 0.25) is 5.91 Å². The highest BCUT2D eigenvalue weighted by molar-refractivity contribution is 7.99. The van der Waals surface area contributed by atoms with Crippen molar-refractivity contribution in [2.75, 3.05) is 40.1 Å². The van der Waals surface area contributed by atoms with Crippen LogP contribution in [-0.4, -0.2) is 45.5 Å². The van der Waals surface area contributed by atoms with Crippen LogP contribution in [-0.2, 0) is 11.2 Å². The Bertz CT molecular complexity index is 1030. The number of aromatic nitrogens is 3. The van der Waals surface area contributed by atoms with Gasteiger partial charge in [0.15, 0.2) is 0 Å². The Labute approximate surface area is 187 Å². The molecule has 3 aromatic rings. The van der Waals surface area contributed by atoms with E-state index in [0.717, 1.165) is 59.1 Å². The monoisotopic (exact) mass is 436 g/mol. The average molecular weight is 437 g/mol. The third kappa shape index (κ3) is 5.79. The summed E-state index contributed by atoms with van der Waals surface area (Å²) in [6.07, 6.45) is 3.05. The fourth-order valence-electron chi connectivity index (χ4n) is 3.43. The molecule has 0 unspecified atom stereocenters. The van der Waals surface area contributed by atoms with E-state index in [1.807, 2.05) is 55.2 Å². The normalized spacial score (nSPS) is 13.8. The van der Waals surface area contributed by atoms with E-state index in [2.05, 4.69) is 33.5 Å². The van der Waals surface area contributed by atoms with Gasteiger partial charge in [-0.3, -0.25) is 4.79 Å². The first-order valence-corrected chi connectivity index (χ1v) is 11.8. The standard InChI is InChI=1S/C23H28N6OS/c1-3-23(30)25-18-6-4-17(5-7-18)13-20-27-21(26-19-12-16(2)15-24-19)14-22(28-20)29-8-10-31-11-9-29/h4-7,12,14-15,24H,3,8-11,13H2,1-2H3,(H,25,30)(H,26,27,28). The summed E-state index contributed by atoms with van der Waals surface area (Å²) in [5, 5.41) is 6.26. The van der Waals surface area contributed by atoms with Gasteiger partial charge in [0.05, 0.1) is 0 Å². The minimum atomic E-state index is 0.0127. The van der Waals surface area contributed by atoms with E-state index in [1.54, 1.807) is 0 Å². The number of rotatable bonds is 7. The summed E-state index contributed by atoms with van der Waals surface area (Å²) in [6.45, 7) is 5.88. The molecule has 4 rings (SSSR count). The molecule has 31 heavy (non-hydrogen) atoms. The highest BCUT2D eigenvalue weighted by Crippen LogP contribution is 2.23. The second-order valence-electron chi connectivity index (χ2n) is 7.62. The lowest BCUT2D eigenvalue weighted by atomic mass is 10.1. The number of carbonyl (C=O) groups is 1. The number of aromatic amines is 1. The summed E-state index contributed by atoms with van der Waals surface area (Å²) in [5.41, 5.74) is 3.07. The number of hydrogen-bond acceptors (Lipinski definition) is 6. The van der Waals surface area contributed by atoms with Crippen molar-refractivity contribution < 1.29 is 4.79 Å². The first kappa shape index (κ1) is 21.2. The zero-order chi connectivity index (χ0) is 21.6. The average Bonchev–Trinajstić information content (AvgIpc) is 3.20. The molecule has 8 heteroatoms. The number of thioether (sulfide) groups is 1. The molecule has 1 fully saturated rings. The fourth-order valence-corrected chi connectivity index (χ4v) is 4.33. The molecule has 7 nitrogen and oxygen atoms in total. The minimum Gasteiger partial charge on any atom is -0.355 e. The summed E-state index contributed by atoms with van der Waals surface area (Å²) in [4.78, 5) is 26.8. The molecule has 0 atom stereocenters. The lowest BCUT2D eigenvalue weighted by molar-refractivity contribution is -0.115. The van der Waals surface area contributed by atoms with Gasteiger partial charge in [-0.1, -0.05) is 19.1 Å². The van der Waals surface area contributed by atoms with Crippen LogP contribution in [0.4, 0.5) is 23.1 Å². The molecule has 2 aromatic heterocycles. The molecule has 0 spiro atoms. The van der Waals surface area contributed by atoms with Crippen LogP contribution in [0.2, 0.25) is 0 Å². The van der Waals surface area contributed by atoms with Crippen molar-refractivity contribution in [3.8, 4) is 0 Å². The summed E-state index contributed by atoms with van der Waals surface area (Å²) in [5.74, 6) is 5.67. The molecule has 3 heterocycles. The van der Waals surface area contributed by atoms with Gasteiger partial charge in [-0.05, 0) is 36.2 Å². The van der Waals surface area contributed by atoms with Crippen LogP contribution < -0.4 is 15.5 Å². The van der Waals surface area contributed by atoms with Crippen molar-refractivity contribution in [2.45, 2.75) is 26.7 Å². The largest absolute Gasteiger partial charge is 0.355 e. The Hall–Kier alpha value is -3.00. The highest BCUT2D eigenvalue weighted by atomic mass is 32.2. The Kier molecular flexibility index (Phi) is 6.76. The third-order valence-corrected chi connectivity index (χ3v) is 6.05. The fraction of sp³-hybridized carbons (Fsp3) is 0.348. The third-order valence-electron chi connectivity index (χ3n) is 5.11. The van der Waals surface area contributed by atoms with Gasteiger partial charge < -0.3 is 20.5 Å². The molecular weight excluding hydrogens is 408 g/mol. The number of amides is 1. The predicted octanol–water partition coefficient (Wildman–Crippen LogP) is 4.35. The van der Waals surface area contributed by atoms with Crippen molar-refractivity contribution in [3.63, 3.8) is 0 Å². The molecule has 1 saturated heterocycles. The van der Waals surface area contributed by atoms with Crippen molar-refractivity contribution in [3.05, 3.63) is 59.5 Å². The number of H-pyrrole nitrogens is 1. The zero-order valence-electron chi connectivity index (χ0n) is 17.9. The molecule has 162 valence electrons. The van der Waals surface area contributed by atoms with Gasteiger partial charge >= 0.3 is 0 Å². The van der Waals surface area contributed by atoms with E-state index >= 15 is 0 Å². The maximum absolute atomic E-state index is 11.6. The lowest BCUT2D eigenvalue weighted by Crippen LogP contribution is -2.33. The van der Waals surface area contributed by atoms with Crippen LogP contribution in [0.5, 0.6) is 0 Å². The minimum absolute atomic E-state index is 0.0127. The first-order valence-electron chi connectivity index (χ1n) is 10.6. The topological polar surface area (TPSA) is 85.9 Å². The number of carbonyl (C=O) groups excluding carboxylic acids is 1. The van der Waals surface area contributed by atoms with Gasteiger partial charge in [0, 0.05) is 55.4 Å². The number of hydrogen-bond donors (Lipinski definition) is 3.